The lowest BCUT2D eigenvalue weighted by Gasteiger charge is -2.38. The van der Waals surface area contributed by atoms with Crippen LogP contribution in [0.15, 0.2) is 48.5 Å². The lowest BCUT2D eigenvalue weighted by Crippen LogP contribution is -2.51. The number of urea groups is 1. The number of aliphatic hydroxyl groups is 1. The molecule has 1 aliphatic heterocycles. The van der Waals surface area contributed by atoms with Gasteiger partial charge in [0.25, 0.3) is 0 Å². The fraction of sp³-hybridized carbons (Fsp3) is 0.300. The highest BCUT2D eigenvalue weighted by Crippen LogP contribution is 2.35. The summed E-state index contributed by atoms with van der Waals surface area (Å²) in [6, 6.07) is 12.3. The predicted molar refractivity (Wildman–Crippen MR) is 101 cm³/mol. The smallest absolute Gasteiger partial charge is 0.405 e. The summed E-state index contributed by atoms with van der Waals surface area (Å²) in [5.41, 5.74) is 2.88. The van der Waals surface area contributed by atoms with Crippen LogP contribution >= 0.6 is 0 Å². The van der Waals surface area contributed by atoms with Crippen LogP contribution in [0.3, 0.4) is 0 Å². The van der Waals surface area contributed by atoms with Gasteiger partial charge in [-0.3, -0.25) is 0 Å². The number of aliphatic hydroxyl groups excluding tert-OH is 1. The van der Waals surface area contributed by atoms with Crippen LogP contribution in [0.1, 0.15) is 22.7 Å². The Morgan fingerprint density at radius 3 is 2.57 bits per heavy atom. The average molecular weight is 387 g/mol. The van der Waals surface area contributed by atoms with Gasteiger partial charge in [0.05, 0.1) is 18.7 Å². The zero-order valence-corrected chi connectivity index (χ0v) is 15.1. The van der Waals surface area contributed by atoms with Crippen molar-refractivity contribution in [2.75, 3.05) is 19.7 Å². The minimum Gasteiger partial charge on any atom is -0.465 e. The maximum absolute atomic E-state index is 13.4. The normalized spacial score (nSPS) is 16.8. The Morgan fingerprint density at radius 2 is 1.89 bits per heavy atom. The third kappa shape index (κ3) is 4.40. The highest BCUT2D eigenvalue weighted by atomic mass is 19.1. The van der Waals surface area contributed by atoms with Crippen LogP contribution in [0.2, 0.25) is 0 Å². The Bertz CT molecular complexity index is 844. The number of carboxylic acid groups (broad SMARTS) is 1. The summed E-state index contributed by atoms with van der Waals surface area (Å²) in [6.07, 6.45) is -0.595. The minimum atomic E-state index is -1.27. The third-order valence-electron chi connectivity index (χ3n) is 4.78. The van der Waals surface area contributed by atoms with Gasteiger partial charge in [0, 0.05) is 13.1 Å². The summed E-state index contributed by atoms with van der Waals surface area (Å²) in [5, 5.41) is 22.9. The highest BCUT2D eigenvalue weighted by Gasteiger charge is 2.32. The molecule has 0 bridgehead atoms. The van der Waals surface area contributed by atoms with Crippen LogP contribution in [0.4, 0.5) is 14.0 Å². The Morgan fingerprint density at radius 1 is 1.18 bits per heavy atom. The molecular weight excluding hydrogens is 365 g/mol. The van der Waals surface area contributed by atoms with Gasteiger partial charge in [-0.1, -0.05) is 36.4 Å². The number of carbonyl (C=O) groups is 2. The number of fused-ring (bicyclic) bond motifs is 1. The molecule has 3 rings (SSSR count). The maximum atomic E-state index is 13.4. The Labute approximate surface area is 161 Å². The van der Waals surface area contributed by atoms with E-state index in [0.29, 0.717) is 13.0 Å². The summed E-state index contributed by atoms with van der Waals surface area (Å²) >= 11 is 0. The molecule has 4 N–H and O–H groups in total. The summed E-state index contributed by atoms with van der Waals surface area (Å²) < 4.78 is 13.4. The van der Waals surface area contributed by atoms with Crippen LogP contribution in [-0.2, 0) is 6.42 Å². The van der Waals surface area contributed by atoms with Crippen molar-refractivity contribution in [2.24, 2.45) is 0 Å². The fourth-order valence-electron chi connectivity index (χ4n) is 3.44. The van der Waals surface area contributed by atoms with Crippen LogP contribution < -0.4 is 10.6 Å². The predicted octanol–water partition coefficient (Wildman–Crippen LogP) is 2.11. The molecule has 0 spiro atoms. The molecule has 148 valence electrons. The number of benzene rings is 2. The Hall–Kier alpha value is -3.13. The van der Waals surface area contributed by atoms with Crippen molar-refractivity contribution in [3.05, 3.63) is 71.0 Å². The van der Waals surface area contributed by atoms with Gasteiger partial charge in [-0.15, -0.1) is 0 Å². The van der Waals surface area contributed by atoms with E-state index in [1.807, 2.05) is 24.3 Å². The molecule has 0 fully saturated rings. The molecular formula is C20H22FN3O4. The molecule has 0 saturated carbocycles. The van der Waals surface area contributed by atoms with E-state index >= 15 is 0 Å². The topological polar surface area (TPSA) is 102 Å². The van der Waals surface area contributed by atoms with E-state index in [9.17, 15) is 19.1 Å². The van der Waals surface area contributed by atoms with E-state index in [-0.39, 0.29) is 24.4 Å². The van der Waals surface area contributed by atoms with Gasteiger partial charge in [0.1, 0.15) is 5.82 Å². The van der Waals surface area contributed by atoms with Crippen molar-refractivity contribution in [1.82, 2.24) is 15.5 Å². The first-order valence-electron chi connectivity index (χ1n) is 8.97. The second kappa shape index (κ2) is 8.71. The zero-order chi connectivity index (χ0) is 20.1. The molecule has 7 nitrogen and oxygen atoms in total. The maximum Gasteiger partial charge on any atom is 0.405 e. The summed E-state index contributed by atoms with van der Waals surface area (Å²) in [5.74, 6) is -0.352. The molecule has 0 aliphatic carbocycles. The van der Waals surface area contributed by atoms with Crippen molar-refractivity contribution in [2.45, 2.75) is 18.5 Å². The first-order valence-corrected chi connectivity index (χ1v) is 8.97. The molecule has 2 aromatic rings. The van der Waals surface area contributed by atoms with Crippen LogP contribution in [0.25, 0.3) is 0 Å². The van der Waals surface area contributed by atoms with Crippen LogP contribution in [0.5, 0.6) is 0 Å². The molecule has 1 aliphatic rings. The first kappa shape index (κ1) is 19.6. The van der Waals surface area contributed by atoms with Gasteiger partial charge in [-0.25, -0.2) is 14.0 Å². The molecule has 2 atom stereocenters. The SMILES string of the molecule is O=C(O)NC(CO)CNC(=O)N1CCc2ccccc2[C@@H]1c1ccc(F)cc1. The Balaban J connectivity index is 1.83. The van der Waals surface area contributed by atoms with Crippen LogP contribution in [-0.4, -0.2) is 53.0 Å². The summed E-state index contributed by atoms with van der Waals surface area (Å²) in [7, 11) is 0. The van der Waals surface area contributed by atoms with Gasteiger partial charge in [0.15, 0.2) is 0 Å². The number of carbonyl (C=O) groups excluding carboxylic acids is 1. The molecule has 0 saturated heterocycles. The van der Waals surface area contributed by atoms with Gasteiger partial charge >= 0.3 is 12.1 Å². The van der Waals surface area contributed by atoms with Crippen molar-refractivity contribution < 1.29 is 24.2 Å². The molecule has 0 radical (unpaired) electrons. The molecule has 3 amide bonds. The standard InChI is InChI=1S/C20H22FN3O4/c21-15-7-5-14(6-8-15)18-17-4-2-1-3-13(17)9-10-24(18)19(26)22-11-16(12-25)23-20(27)28/h1-8,16,18,23,25H,9-12H2,(H,22,26)(H,27,28)/t16?,18-/m0/s1. The number of nitrogens with zero attached hydrogens (tertiary/aromatic N) is 1. The van der Waals surface area contributed by atoms with Gasteiger partial charge in [-0.05, 0) is 35.2 Å². The number of rotatable bonds is 5. The third-order valence-corrected chi connectivity index (χ3v) is 4.78. The van der Waals surface area contributed by atoms with Crippen LogP contribution in [0, 0.1) is 5.82 Å². The number of nitrogens with one attached hydrogen (secondary N) is 2. The second-order valence-corrected chi connectivity index (χ2v) is 6.61. The quantitative estimate of drug-likeness (QED) is 0.631. The molecule has 1 heterocycles. The molecule has 2 aromatic carbocycles. The fourth-order valence-corrected chi connectivity index (χ4v) is 3.44. The molecule has 8 heteroatoms. The number of hydrogen-bond acceptors (Lipinski definition) is 3. The largest absolute Gasteiger partial charge is 0.465 e. The molecule has 1 unspecified atom stereocenters. The van der Waals surface area contributed by atoms with Gasteiger partial charge < -0.3 is 25.7 Å². The lowest BCUT2D eigenvalue weighted by molar-refractivity contribution is 0.167. The zero-order valence-electron chi connectivity index (χ0n) is 15.1. The second-order valence-electron chi connectivity index (χ2n) is 6.61. The van der Waals surface area contributed by atoms with Crippen molar-refractivity contribution >= 4 is 12.1 Å². The van der Waals surface area contributed by atoms with E-state index in [2.05, 4.69) is 10.6 Å². The van der Waals surface area contributed by atoms with E-state index in [1.54, 1.807) is 17.0 Å². The summed E-state index contributed by atoms with van der Waals surface area (Å²) in [4.78, 5) is 25.2. The number of hydrogen-bond donors (Lipinski definition) is 4. The molecule has 28 heavy (non-hydrogen) atoms. The average Bonchev–Trinajstić information content (AvgIpc) is 2.70. The van der Waals surface area contributed by atoms with Crippen molar-refractivity contribution in [3.8, 4) is 0 Å². The van der Waals surface area contributed by atoms with E-state index < -0.39 is 18.7 Å². The Kier molecular flexibility index (Phi) is 6.10. The van der Waals surface area contributed by atoms with Crippen molar-refractivity contribution in [3.63, 3.8) is 0 Å². The highest BCUT2D eigenvalue weighted by molar-refractivity contribution is 5.76. The number of amides is 3. The first-order chi connectivity index (χ1) is 13.5. The monoisotopic (exact) mass is 387 g/mol. The van der Waals surface area contributed by atoms with E-state index in [0.717, 1.165) is 16.7 Å². The van der Waals surface area contributed by atoms with E-state index in [4.69, 9.17) is 5.11 Å². The van der Waals surface area contributed by atoms with Gasteiger partial charge in [0.2, 0.25) is 0 Å². The molecule has 0 aromatic heterocycles. The van der Waals surface area contributed by atoms with Crippen molar-refractivity contribution in [1.29, 1.82) is 0 Å². The minimum absolute atomic E-state index is 0.0457. The van der Waals surface area contributed by atoms with Gasteiger partial charge in [-0.2, -0.15) is 0 Å². The number of halogens is 1. The lowest BCUT2D eigenvalue weighted by atomic mass is 9.88. The van der Waals surface area contributed by atoms with E-state index in [1.165, 1.54) is 12.1 Å². The summed E-state index contributed by atoms with van der Waals surface area (Å²) in [6.45, 7) is -0.0201.